The minimum atomic E-state index is 0.0710. The first-order valence-electron chi connectivity index (χ1n) is 10.2. The molecule has 0 bridgehead atoms. The number of nitrogens with zero attached hydrogens (tertiary/aromatic N) is 2. The number of nitrogens with one attached hydrogen (secondary N) is 1. The van der Waals surface area contributed by atoms with E-state index in [-0.39, 0.29) is 17.7 Å². The molecule has 2 fully saturated rings. The molecule has 2 amide bonds. The van der Waals surface area contributed by atoms with E-state index in [9.17, 15) is 9.59 Å². The Balaban J connectivity index is 1.32. The quantitative estimate of drug-likeness (QED) is 0.869. The summed E-state index contributed by atoms with van der Waals surface area (Å²) < 4.78 is 0. The van der Waals surface area contributed by atoms with Gasteiger partial charge in [0.05, 0.1) is 0 Å². The zero-order valence-corrected chi connectivity index (χ0v) is 16.1. The second-order valence-electron chi connectivity index (χ2n) is 7.75. The fraction of sp³-hybridized carbons (Fsp3) is 0.391. The topological polar surface area (TPSA) is 52.7 Å². The number of hydrogen-bond donors (Lipinski definition) is 1. The number of carbonyl (C=O) groups is 2. The van der Waals surface area contributed by atoms with Crippen molar-refractivity contribution in [3.63, 3.8) is 0 Å². The third-order valence-corrected chi connectivity index (χ3v) is 5.47. The van der Waals surface area contributed by atoms with Gasteiger partial charge in [0.15, 0.2) is 0 Å². The summed E-state index contributed by atoms with van der Waals surface area (Å²) in [5.41, 5.74) is 2.75. The molecule has 5 heteroatoms. The number of hydrogen-bond acceptors (Lipinski definition) is 3. The van der Waals surface area contributed by atoms with Gasteiger partial charge in [0.25, 0.3) is 5.91 Å². The van der Waals surface area contributed by atoms with Crippen molar-refractivity contribution < 1.29 is 9.59 Å². The highest BCUT2D eigenvalue weighted by Gasteiger charge is 2.29. The Bertz CT molecular complexity index is 816. The fourth-order valence-corrected chi connectivity index (χ4v) is 3.64. The number of amides is 2. The Morgan fingerprint density at radius 1 is 0.893 bits per heavy atom. The molecule has 1 aliphatic carbocycles. The molecule has 5 nitrogen and oxygen atoms in total. The molecule has 1 N–H and O–H groups in total. The van der Waals surface area contributed by atoms with Gasteiger partial charge in [0.2, 0.25) is 5.91 Å². The second kappa shape index (κ2) is 8.57. The van der Waals surface area contributed by atoms with E-state index in [0.717, 1.165) is 57.7 Å². The fourth-order valence-electron chi connectivity index (χ4n) is 3.64. The number of rotatable bonds is 5. The normalized spacial score (nSPS) is 17.8. The first kappa shape index (κ1) is 18.7. The van der Waals surface area contributed by atoms with Crippen molar-refractivity contribution in [1.82, 2.24) is 9.80 Å². The molecule has 2 aromatic rings. The minimum Gasteiger partial charge on any atom is -0.337 e. The van der Waals surface area contributed by atoms with E-state index in [2.05, 4.69) is 34.5 Å². The monoisotopic (exact) mass is 377 g/mol. The first-order chi connectivity index (χ1) is 13.7. The van der Waals surface area contributed by atoms with Crippen LogP contribution in [0.25, 0.3) is 0 Å². The molecule has 1 saturated heterocycles. The Morgan fingerprint density at radius 3 is 2.36 bits per heavy atom. The van der Waals surface area contributed by atoms with Crippen molar-refractivity contribution in [2.45, 2.75) is 25.8 Å². The van der Waals surface area contributed by atoms with Crippen LogP contribution in [0.5, 0.6) is 0 Å². The predicted octanol–water partition coefficient (Wildman–Crippen LogP) is 3.38. The molecule has 1 saturated carbocycles. The van der Waals surface area contributed by atoms with E-state index in [1.165, 1.54) is 5.56 Å². The zero-order chi connectivity index (χ0) is 19.3. The maximum atomic E-state index is 12.9. The molecule has 4 rings (SSSR count). The van der Waals surface area contributed by atoms with Crippen LogP contribution in [-0.2, 0) is 11.3 Å². The average Bonchev–Trinajstić information content (AvgIpc) is 3.57. The lowest BCUT2D eigenvalue weighted by molar-refractivity contribution is -0.117. The SMILES string of the molecule is O=C(Nc1ccc(C(=O)N2CCCN(Cc3ccccc3)CC2)cc1)C1CC1. The van der Waals surface area contributed by atoms with Gasteiger partial charge < -0.3 is 10.2 Å². The predicted molar refractivity (Wildman–Crippen MR) is 110 cm³/mol. The standard InChI is InChI=1S/C23H27N3O2/c27-22(19-7-8-19)24-21-11-9-20(10-12-21)23(28)26-14-4-13-25(15-16-26)17-18-5-2-1-3-6-18/h1-3,5-6,9-12,19H,4,7-8,13-17H2,(H,24,27). The summed E-state index contributed by atoms with van der Waals surface area (Å²) in [6, 6.07) is 17.8. The molecule has 2 aromatic carbocycles. The average molecular weight is 377 g/mol. The van der Waals surface area contributed by atoms with Gasteiger partial charge in [-0.3, -0.25) is 14.5 Å². The summed E-state index contributed by atoms with van der Waals surface area (Å²) in [4.78, 5) is 29.1. The second-order valence-corrected chi connectivity index (χ2v) is 7.75. The summed E-state index contributed by atoms with van der Waals surface area (Å²) in [6.07, 6.45) is 2.95. The molecular weight excluding hydrogens is 350 g/mol. The highest BCUT2D eigenvalue weighted by atomic mass is 16.2. The molecule has 0 spiro atoms. The van der Waals surface area contributed by atoms with Crippen LogP contribution in [0.4, 0.5) is 5.69 Å². The lowest BCUT2D eigenvalue weighted by Gasteiger charge is -2.22. The summed E-state index contributed by atoms with van der Waals surface area (Å²) in [7, 11) is 0. The number of carbonyl (C=O) groups excluding carboxylic acids is 2. The van der Waals surface area contributed by atoms with Crippen molar-refractivity contribution in [1.29, 1.82) is 0 Å². The Hall–Kier alpha value is -2.66. The van der Waals surface area contributed by atoms with Crippen LogP contribution in [-0.4, -0.2) is 47.8 Å². The molecule has 1 aliphatic heterocycles. The third-order valence-electron chi connectivity index (χ3n) is 5.47. The highest BCUT2D eigenvalue weighted by molar-refractivity contribution is 5.96. The third kappa shape index (κ3) is 4.78. The lowest BCUT2D eigenvalue weighted by atomic mass is 10.1. The van der Waals surface area contributed by atoms with Crippen molar-refractivity contribution in [3.05, 3.63) is 65.7 Å². The molecule has 0 aromatic heterocycles. The summed E-state index contributed by atoms with van der Waals surface area (Å²) >= 11 is 0. The van der Waals surface area contributed by atoms with Crippen LogP contribution in [0, 0.1) is 5.92 Å². The van der Waals surface area contributed by atoms with Gasteiger partial charge in [0, 0.05) is 49.9 Å². The van der Waals surface area contributed by atoms with E-state index >= 15 is 0 Å². The van der Waals surface area contributed by atoms with Gasteiger partial charge >= 0.3 is 0 Å². The van der Waals surface area contributed by atoms with Crippen molar-refractivity contribution in [3.8, 4) is 0 Å². The molecule has 1 heterocycles. The summed E-state index contributed by atoms with van der Waals surface area (Å²) in [5.74, 6) is 0.337. The van der Waals surface area contributed by atoms with Gasteiger partial charge in [-0.05, 0) is 49.1 Å². The van der Waals surface area contributed by atoms with Gasteiger partial charge in [-0.15, -0.1) is 0 Å². The molecule has 146 valence electrons. The maximum Gasteiger partial charge on any atom is 0.253 e. The molecule has 0 unspecified atom stereocenters. The molecule has 0 radical (unpaired) electrons. The molecule has 0 atom stereocenters. The van der Waals surface area contributed by atoms with E-state index in [1.807, 2.05) is 35.2 Å². The summed E-state index contributed by atoms with van der Waals surface area (Å²) in [6.45, 7) is 4.34. The Labute approximate surface area is 166 Å². The maximum absolute atomic E-state index is 12.9. The van der Waals surface area contributed by atoms with Gasteiger partial charge in [-0.2, -0.15) is 0 Å². The Morgan fingerprint density at radius 2 is 1.64 bits per heavy atom. The van der Waals surface area contributed by atoms with Crippen LogP contribution in [0.2, 0.25) is 0 Å². The van der Waals surface area contributed by atoms with E-state index < -0.39 is 0 Å². The van der Waals surface area contributed by atoms with E-state index in [4.69, 9.17) is 0 Å². The number of anilines is 1. The Kier molecular flexibility index (Phi) is 5.72. The number of benzene rings is 2. The van der Waals surface area contributed by atoms with Gasteiger partial charge in [-0.1, -0.05) is 30.3 Å². The van der Waals surface area contributed by atoms with Crippen LogP contribution >= 0.6 is 0 Å². The van der Waals surface area contributed by atoms with Crippen LogP contribution in [0.15, 0.2) is 54.6 Å². The highest BCUT2D eigenvalue weighted by Crippen LogP contribution is 2.30. The summed E-state index contributed by atoms with van der Waals surface area (Å²) in [5, 5.41) is 2.92. The van der Waals surface area contributed by atoms with E-state index in [1.54, 1.807) is 0 Å². The lowest BCUT2D eigenvalue weighted by Crippen LogP contribution is -2.35. The van der Waals surface area contributed by atoms with Crippen LogP contribution in [0.3, 0.4) is 0 Å². The zero-order valence-electron chi connectivity index (χ0n) is 16.1. The molecule has 28 heavy (non-hydrogen) atoms. The van der Waals surface area contributed by atoms with Crippen molar-refractivity contribution in [2.75, 3.05) is 31.5 Å². The van der Waals surface area contributed by atoms with Crippen LogP contribution in [0.1, 0.15) is 35.2 Å². The van der Waals surface area contributed by atoms with Gasteiger partial charge in [0.1, 0.15) is 0 Å². The van der Waals surface area contributed by atoms with E-state index in [0.29, 0.717) is 5.56 Å². The van der Waals surface area contributed by atoms with Gasteiger partial charge in [-0.25, -0.2) is 0 Å². The van der Waals surface area contributed by atoms with Crippen LogP contribution < -0.4 is 5.32 Å². The van der Waals surface area contributed by atoms with Crippen molar-refractivity contribution >= 4 is 17.5 Å². The largest absolute Gasteiger partial charge is 0.337 e. The molecular formula is C23H27N3O2. The molecule has 2 aliphatic rings. The van der Waals surface area contributed by atoms with Crippen molar-refractivity contribution in [2.24, 2.45) is 5.92 Å². The minimum absolute atomic E-state index is 0.0710. The first-order valence-corrected chi connectivity index (χ1v) is 10.2. The smallest absolute Gasteiger partial charge is 0.253 e.